The van der Waals surface area contributed by atoms with Gasteiger partial charge in [0.15, 0.2) is 11.5 Å². The van der Waals surface area contributed by atoms with Crippen LogP contribution in [0.4, 0.5) is 0 Å². The molecule has 0 atom stereocenters. The number of nitrogens with zero attached hydrogens (tertiary/aromatic N) is 7. The molecule has 0 saturated heterocycles. The molecule has 0 fully saturated rings. The molecule has 74 valence electrons. The van der Waals surface area contributed by atoms with Gasteiger partial charge in [0.1, 0.15) is 0 Å². The Labute approximate surface area is 91.9 Å². The van der Waals surface area contributed by atoms with Gasteiger partial charge >= 0.3 is 0 Å². The van der Waals surface area contributed by atoms with E-state index in [4.69, 9.17) is 0 Å². The molecule has 0 amide bonds. The van der Waals surface area contributed by atoms with Gasteiger partial charge in [-0.25, -0.2) is 4.68 Å². The van der Waals surface area contributed by atoms with Gasteiger partial charge in [0.25, 0.3) is 0 Å². The van der Waals surface area contributed by atoms with Gasteiger partial charge in [-0.1, -0.05) is 0 Å². The van der Waals surface area contributed by atoms with Gasteiger partial charge in [-0.3, -0.25) is 4.98 Å². The van der Waals surface area contributed by atoms with E-state index < -0.39 is 0 Å². The van der Waals surface area contributed by atoms with Gasteiger partial charge in [-0.15, -0.1) is 5.10 Å². The Bertz CT molecular complexity index is 612. The summed E-state index contributed by atoms with van der Waals surface area (Å²) in [6.07, 6.45) is 6.71. The summed E-state index contributed by atoms with van der Waals surface area (Å²) >= 11 is 3.32. The molecule has 0 aromatic carbocycles. The van der Waals surface area contributed by atoms with Crippen molar-refractivity contribution in [2.24, 2.45) is 0 Å². The molecular formula is C7H4BrN7. The molecule has 0 unspecified atom stereocenters. The maximum atomic E-state index is 4.13. The average Bonchev–Trinajstić information content (AvgIpc) is 2.84. The molecule has 3 aromatic heterocycles. The van der Waals surface area contributed by atoms with Crippen molar-refractivity contribution in [3.8, 4) is 5.82 Å². The van der Waals surface area contributed by atoms with Crippen LogP contribution >= 0.6 is 15.9 Å². The summed E-state index contributed by atoms with van der Waals surface area (Å²) in [5.74, 6) is 0.684. The van der Waals surface area contributed by atoms with Crippen molar-refractivity contribution in [2.75, 3.05) is 0 Å². The molecule has 3 aromatic rings. The number of hydrogen-bond donors (Lipinski definition) is 0. The fraction of sp³-hybridized carbons (Fsp3) is 0. The van der Waals surface area contributed by atoms with Gasteiger partial charge in [-0.2, -0.15) is 9.61 Å². The largest absolute Gasteiger partial charge is 0.257 e. The SMILES string of the molecule is Brc1cnn(-c2cncc3nnnn23)c1. The van der Waals surface area contributed by atoms with Crippen molar-refractivity contribution >= 4 is 21.6 Å². The number of halogens is 1. The maximum absolute atomic E-state index is 4.13. The van der Waals surface area contributed by atoms with Crippen LogP contribution in [0.25, 0.3) is 11.5 Å². The molecule has 8 heteroatoms. The Hall–Kier alpha value is -1.83. The first-order valence-electron chi connectivity index (χ1n) is 4.07. The first kappa shape index (κ1) is 8.48. The second kappa shape index (κ2) is 3.09. The predicted octanol–water partition coefficient (Wildman–Crippen LogP) is 0.467. The third kappa shape index (κ3) is 1.30. The van der Waals surface area contributed by atoms with Crippen LogP contribution < -0.4 is 0 Å². The van der Waals surface area contributed by atoms with E-state index in [0.717, 1.165) is 4.47 Å². The van der Waals surface area contributed by atoms with Crippen LogP contribution in [0, 0.1) is 0 Å². The van der Waals surface area contributed by atoms with Gasteiger partial charge in [0.2, 0.25) is 0 Å². The van der Waals surface area contributed by atoms with Crippen molar-refractivity contribution in [3.05, 3.63) is 29.3 Å². The molecule has 0 aliphatic heterocycles. The molecule has 3 rings (SSSR count). The van der Waals surface area contributed by atoms with Crippen LogP contribution in [-0.4, -0.2) is 34.8 Å². The van der Waals surface area contributed by atoms with Gasteiger partial charge in [-0.05, 0) is 26.4 Å². The van der Waals surface area contributed by atoms with Crippen molar-refractivity contribution < 1.29 is 0 Å². The highest BCUT2D eigenvalue weighted by molar-refractivity contribution is 9.10. The van der Waals surface area contributed by atoms with E-state index in [9.17, 15) is 0 Å². The maximum Gasteiger partial charge on any atom is 0.199 e. The first-order valence-corrected chi connectivity index (χ1v) is 4.86. The lowest BCUT2D eigenvalue weighted by Crippen LogP contribution is -2.04. The minimum atomic E-state index is 0.583. The molecular weight excluding hydrogens is 262 g/mol. The number of fused-ring (bicyclic) bond motifs is 1. The van der Waals surface area contributed by atoms with E-state index in [2.05, 4.69) is 41.5 Å². The lowest BCUT2D eigenvalue weighted by Gasteiger charge is -2.00. The van der Waals surface area contributed by atoms with E-state index in [1.165, 1.54) is 0 Å². The molecule has 0 N–H and O–H groups in total. The van der Waals surface area contributed by atoms with Gasteiger partial charge < -0.3 is 0 Å². The minimum Gasteiger partial charge on any atom is -0.257 e. The molecule has 0 aliphatic carbocycles. The van der Waals surface area contributed by atoms with E-state index >= 15 is 0 Å². The quantitative estimate of drug-likeness (QED) is 0.640. The predicted molar refractivity (Wildman–Crippen MR) is 53.4 cm³/mol. The van der Waals surface area contributed by atoms with E-state index in [-0.39, 0.29) is 0 Å². The fourth-order valence-corrected chi connectivity index (χ4v) is 1.53. The Morgan fingerprint density at radius 2 is 2.13 bits per heavy atom. The Kier molecular flexibility index (Phi) is 1.75. The second-order valence-electron chi connectivity index (χ2n) is 2.82. The number of tetrazole rings is 1. The van der Waals surface area contributed by atoms with Crippen LogP contribution in [0.3, 0.4) is 0 Å². The third-order valence-corrected chi connectivity index (χ3v) is 2.29. The summed E-state index contributed by atoms with van der Waals surface area (Å²) in [5.41, 5.74) is 0.583. The summed E-state index contributed by atoms with van der Waals surface area (Å²) in [6.45, 7) is 0. The normalized spacial score (nSPS) is 11.0. The number of rotatable bonds is 1. The van der Waals surface area contributed by atoms with Gasteiger partial charge in [0, 0.05) is 6.20 Å². The molecule has 15 heavy (non-hydrogen) atoms. The summed E-state index contributed by atoms with van der Waals surface area (Å²) in [5, 5.41) is 15.3. The second-order valence-corrected chi connectivity index (χ2v) is 3.73. The van der Waals surface area contributed by atoms with Crippen molar-refractivity contribution in [1.82, 2.24) is 34.8 Å². The van der Waals surface area contributed by atoms with Crippen LogP contribution in [-0.2, 0) is 0 Å². The summed E-state index contributed by atoms with van der Waals surface area (Å²) in [6, 6.07) is 0. The zero-order valence-electron chi connectivity index (χ0n) is 7.32. The van der Waals surface area contributed by atoms with Crippen molar-refractivity contribution in [3.63, 3.8) is 0 Å². The van der Waals surface area contributed by atoms with Gasteiger partial charge in [0.05, 0.1) is 23.1 Å². The molecule has 3 heterocycles. The summed E-state index contributed by atoms with van der Waals surface area (Å²) in [4.78, 5) is 4.03. The summed E-state index contributed by atoms with van der Waals surface area (Å²) in [7, 11) is 0. The van der Waals surface area contributed by atoms with Crippen LogP contribution in [0.2, 0.25) is 0 Å². The fourth-order valence-electron chi connectivity index (χ4n) is 1.25. The first-order chi connectivity index (χ1) is 7.34. The molecule has 0 saturated carbocycles. The minimum absolute atomic E-state index is 0.583. The Morgan fingerprint density at radius 3 is 2.93 bits per heavy atom. The zero-order valence-corrected chi connectivity index (χ0v) is 8.90. The van der Waals surface area contributed by atoms with E-state index in [1.54, 1.807) is 34.0 Å². The highest BCUT2D eigenvalue weighted by atomic mass is 79.9. The third-order valence-electron chi connectivity index (χ3n) is 1.88. The molecule has 0 radical (unpaired) electrons. The number of hydrogen-bond acceptors (Lipinski definition) is 5. The lowest BCUT2D eigenvalue weighted by molar-refractivity contribution is 0.746. The molecule has 0 bridgehead atoms. The zero-order chi connectivity index (χ0) is 10.3. The van der Waals surface area contributed by atoms with Crippen LogP contribution in [0.1, 0.15) is 0 Å². The highest BCUT2D eigenvalue weighted by Crippen LogP contribution is 2.11. The van der Waals surface area contributed by atoms with Crippen molar-refractivity contribution in [2.45, 2.75) is 0 Å². The van der Waals surface area contributed by atoms with E-state index in [1.807, 2.05) is 0 Å². The molecule has 7 nitrogen and oxygen atoms in total. The van der Waals surface area contributed by atoms with Crippen molar-refractivity contribution in [1.29, 1.82) is 0 Å². The standard InChI is InChI=1S/C7H4BrN7/c8-5-1-10-14(4-5)7-3-9-2-6-11-12-13-15(6)7/h1-4H. The number of aromatic nitrogens is 7. The van der Waals surface area contributed by atoms with Crippen LogP contribution in [0.15, 0.2) is 29.3 Å². The Balaban J connectivity index is 2.30. The lowest BCUT2D eigenvalue weighted by atomic mass is 10.6. The Morgan fingerprint density at radius 1 is 1.20 bits per heavy atom. The van der Waals surface area contributed by atoms with Crippen LogP contribution in [0.5, 0.6) is 0 Å². The summed E-state index contributed by atoms with van der Waals surface area (Å²) < 4.78 is 4.08. The average molecular weight is 266 g/mol. The monoisotopic (exact) mass is 265 g/mol. The smallest absolute Gasteiger partial charge is 0.199 e. The molecule has 0 aliphatic rings. The van der Waals surface area contributed by atoms with E-state index in [0.29, 0.717) is 11.5 Å². The topological polar surface area (TPSA) is 73.8 Å². The molecule has 0 spiro atoms. The highest BCUT2D eigenvalue weighted by Gasteiger charge is 2.06.